The minimum absolute atomic E-state index is 0.518. The fraction of sp³-hybridized carbons (Fsp3) is 0.692. The highest BCUT2D eigenvalue weighted by molar-refractivity contribution is 5.23. The molecule has 1 aliphatic rings. The van der Waals surface area contributed by atoms with E-state index >= 15 is 0 Å². The zero-order chi connectivity index (χ0) is 11.4. The van der Waals surface area contributed by atoms with E-state index in [9.17, 15) is 0 Å². The monoisotopic (exact) mass is 222 g/mol. The molecule has 0 fully saturated rings. The van der Waals surface area contributed by atoms with Gasteiger partial charge in [0, 0.05) is 18.0 Å². The fourth-order valence-electron chi connectivity index (χ4n) is 2.37. The second-order valence-corrected chi connectivity index (χ2v) is 4.85. The first-order valence-corrected chi connectivity index (χ1v) is 6.22. The molecule has 0 bridgehead atoms. The Kier molecular flexibility index (Phi) is 4.02. The molecule has 3 heteroatoms. The van der Waals surface area contributed by atoms with Crippen LogP contribution in [-0.4, -0.2) is 32.1 Å². The Morgan fingerprint density at radius 2 is 2.38 bits per heavy atom. The Balaban J connectivity index is 1.79. The number of nitrogens with zero attached hydrogens (tertiary/aromatic N) is 1. The van der Waals surface area contributed by atoms with E-state index in [0.29, 0.717) is 6.04 Å². The highest BCUT2D eigenvalue weighted by Gasteiger charge is 2.21. The normalized spacial score (nSPS) is 20.1. The van der Waals surface area contributed by atoms with E-state index in [2.05, 4.69) is 30.4 Å². The molecule has 0 radical (unpaired) electrons. The van der Waals surface area contributed by atoms with Gasteiger partial charge in [-0.05, 0) is 52.5 Å². The van der Waals surface area contributed by atoms with Crippen LogP contribution in [0.1, 0.15) is 36.6 Å². The molecule has 0 saturated carbocycles. The fourth-order valence-corrected chi connectivity index (χ4v) is 2.37. The van der Waals surface area contributed by atoms with Gasteiger partial charge in [0.2, 0.25) is 0 Å². The molecular weight excluding hydrogens is 200 g/mol. The summed E-state index contributed by atoms with van der Waals surface area (Å²) in [6.45, 7) is 2.24. The molecule has 0 aliphatic heterocycles. The van der Waals surface area contributed by atoms with Crippen molar-refractivity contribution in [3.8, 4) is 0 Å². The predicted octanol–water partition coefficient (Wildman–Crippen LogP) is 2.20. The summed E-state index contributed by atoms with van der Waals surface area (Å²) in [6.07, 6.45) is 6.62. The lowest BCUT2D eigenvalue weighted by Gasteiger charge is -2.23. The average molecular weight is 222 g/mol. The van der Waals surface area contributed by atoms with Crippen LogP contribution in [-0.2, 0) is 6.42 Å². The average Bonchev–Trinajstić information content (AvgIpc) is 2.72. The van der Waals surface area contributed by atoms with Gasteiger partial charge in [-0.3, -0.25) is 0 Å². The predicted molar refractivity (Wildman–Crippen MR) is 65.6 cm³/mol. The highest BCUT2D eigenvalue weighted by Crippen LogP contribution is 2.30. The van der Waals surface area contributed by atoms with Crippen molar-refractivity contribution in [3.05, 3.63) is 23.7 Å². The van der Waals surface area contributed by atoms with Gasteiger partial charge in [-0.2, -0.15) is 0 Å². The van der Waals surface area contributed by atoms with Crippen LogP contribution in [0.15, 0.2) is 16.7 Å². The topological polar surface area (TPSA) is 28.4 Å². The number of hydrogen-bond donors (Lipinski definition) is 1. The summed E-state index contributed by atoms with van der Waals surface area (Å²) in [5.41, 5.74) is 1.39. The maximum atomic E-state index is 5.48. The van der Waals surface area contributed by atoms with Crippen LogP contribution in [0.5, 0.6) is 0 Å². The lowest BCUT2D eigenvalue weighted by molar-refractivity contribution is 0.371. The van der Waals surface area contributed by atoms with Gasteiger partial charge in [0.15, 0.2) is 0 Å². The van der Waals surface area contributed by atoms with Gasteiger partial charge in [0.1, 0.15) is 5.76 Å². The van der Waals surface area contributed by atoms with Crippen LogP contribution < -0.4 is 5.32 Å². The standard InChI is InChI=1S/C13H22N2O/c1-15(2)9-4-8-14-12-5-3-6-13-11(12)7-10-16-13/h7,10,12,14H,3-6,8-9H2,1-2H3. The van der Waals surface area contributed by atoms with E-state index in [1.165, 1.54) is 30.6 Å². The van der Waals surface area contributed by atoms with E-state index in [1.807, 2.05) is 6.26 Å². The van der Waals surface area contributed by atoms with Crippen LogP contribution in [0.4, 0.5) is 0 Å². The molecule has 0 saturated heterocycles. The number of furan rings is 1. The Bertz CT molecular complexity index is 319. The van der Waals surface area contributed by atoms with Gasteiger partial charge in [0.25, 0.3) is 0 Å². The third kappa shape index (κ3) is 2.86. The molecular formula is C13H22N2O. The first kappa shape index (κ1) is 11.7. The summed E-state index contributed by atoms with van der Waals surface area (Å²) < 4.78 is 5.48. The minimum atomic E-state index is 0.518. The maximum absolute atomic E-state index is 5.48. The summed E-state index contributed by atoms with van der Waals surface area (Å²) in [7, 11) is 4.24. The Morgan fingerprint density at radius 3 is 3.19 bits per heavy atom. The van der Waals surface area contributed by atoms with Crippen LogP contribution in [0, 0.1) is 0 Å². The summed E-state index contributed by atoms with van der Waals surface area (Å²) >= 11 is 0. The molecule has 1 aromatic rings. The van der Waals surface area contributed by atoms with Crippen molar-refractivity contribution in [2.75, 3.05) is 27.2 Å². The van der Waals surface area contributed by atoms with Crippen molar-refractivity contribution in [1.29, 1.82) is 0 Å². The summed E-state index contributed by atoms with van der Waals surface area (Å²) in [6, 6.07) is 2.64. The molecule has 0 aromatic carbocycles. The Morgan fingerprint density at radius 1 is 1.50 bits per heavy atom. The second-order valence-electron chi connectivity index (χ2n) is 4.85. The third-order valence-electron chi connectivity index (χ3n) is 3.22. The maximum Gasteiger partial charge on any atom is 0.108 e. The molecule has 0 spiro atoms. The van der Waals surface area contributed by atoms with Crippen LogP contribution >= 0.6 is 0 Å². The first-order chi connectivity index (χ1) is 7.77. The molecule has 1 aromatic heterocycles. The van der Waals surface area contributed by atoms with Gasteiger partial charge in [-0.15, -0.1) is 0 Å². The van der Waals surface area contributed by atoms with Gasteiger partial charge in [0.05, 0.1) is 6.26 Å². The molecule has 1 heterocycles. The van der Waals surface area contributed by atoms with Crippen molar-refractivity contribution < 1.29 is 4.42 Å². The van der Waals surface area contributed by atoms with E-state index in [4.69, 9.17) is 4.42 Å². The van der Waals surface area contributed by atoms with Crippen molar-refractivity contribution in [3.63, 3.8) is 0 Å². The molecule has 1 aliphatic carbocycles. The lowest BCUT2D eigenvalue weighted by Crippen LogP contribution is -2.27. The molecule has 1 N–H and O–H groups in total. The molecule has 1 unspecified atom stereocenters. The number of nitrogens with one attached hydrogen (secondary N) is 1. The number of rotatable bonds is 5. The van der Waals surface area contributed by atoms with Crippen molar-refractivity contribution >= 4 is 0 Å². The molecule has 16 heavy (non-hydrogen) atoms. The van der Waals surface area contributed by atoms with Crippen molar-refractivity contribution in [2.45, 2.75) is 31.7 Å². The smallest absolute Gasteiger partial charge is 0.108 e. The molecule has 2 rings (SSSR count). The van der Waals surface area contributed by atoms with Crippen LogP contribution in [0.25, 0.3) is 0 Å². The van der Waals surface area contributed by atoms with Crippen LogP contribution in [0.3, 0.4) is 0 Å². The lowest BCUT2D eigenvalue weighted by atomic mass is 9.93. The van der Waals surface area contributed by atoms with E-state index in [-0.39, 0.29) is 0 Å². The third-order valence-corrected chi connectivity index (χ3v) is 3.22. The molecule has 0 amide bonds. The zero-order valence-corrected chi connectivity index (χ0v) is 10.3. The largest absolute Gasteiger partial charge is 0.469 e. The van der Waals surface area contributed by atoms with Gasteiger partial charge in [-0.25, -0.2) is 0 Å². The van der Waals surface area contributed by atoms with E-state index in [0.717, 1.165) is 19.5 Å². The molecule has 90 valence electrons. The first-order valence-electron chi connectivity index (χ1n) is 6.22. The van der Waals surface area contributed by atoms with Gasteiger partial charge < -0.3 is 14.6 Å². The van der Waals surface area contributed by atoms with E-state index in [1.54, 1.807) is 0 Å². The number of aryl methyl sites for hydroxylation is 1. The number of fused-ring (bicyclic) bond motifs is 1. The van der Waals surface area contributed by atoms with E-state index < -0.39 is 0 Å². The Hall–Kier alpha value is -0.800. The summed E-state index contributed by atoms with van der Waals surface area (Å²) in [4.78, 5) is 2.23. The van der Waals surface area contributed by atoms with Crippen LogP contribution in [0.2, 0.25) is 0 Å². The summed E-state index contributed by atoms with van der Waals surface area (Å²) in [5, 5.41) is 3.63. The van der Waals surface area contributed by atoms with Crippen molar-refractivity contribution in [2.24, 2.45) is 0 Å². The van der Waals surface area contributed by atoms with Gasteiger partial charge in [-0.1, -0.05) is 0 Å². The molecule has 3 nitrogen and oxygen atoms in total. The minimum Gasteiger partial charge on any atom is -0.469 e. The second kappa shape index (κ2) is 5.51. The van der Waals surface area contributed by atoms with Crippen molar-refractivity contribution in [1.82, 2.24) is 10.2 Å². The Labute approximate surface area is 97.8 Å². The quantitative estimate of drug-likeness (QED) is 0.774. The highest BCUT2D eigenvalue weighted by atomic mass is 16.3. The van der Waals surface area contributed by atoms with Gasteiger partial charge >= 0.3 is 0 Å². The molecule has 1 atom stereocenters. The zero-order valence-electron chi connectivity index (χ0n) is 10.3. The SMILES string of the molecule is CN(C)CCCNC1CCCc2occc21. The number of hydrogen-bond acceptors (Lipinski definition) is 3. The summed E-state index contributed by atoms with van der Waals surface area (Å²) in [5.74, 6) is 1.19.